The molecule has 0 spiro atoms. The minimum Gasteiger partial charge on any atom is -0.310 e. The first-order valence-corrected chi connectivity index (χ1v) is 18.9. The maximum absolute atomic E-state index is 2.47. The van der Waals surface area contributed by atoms with Crippen LogP contribution in [0, 0.1) is 0 Å². The molecule has 53 heavy (non-hydrogen) atoms. The van der Waals surface area contributed by atoms with E-state index in [4.69, 9.17) is 0 Å². The number of nitrogens with zero attached hydrogens (tertiary/aromatic N) is 2. The molecule has 1 aliphatic rings. The predicted octanol–water partition coefficient (Wildman–Crippen LogP) is 14.7. The number of benzene rings is 7. The molecule has 0 aromatic heterocycles. The summed E-state index contributed by atoms with van der Waals surface area (Å²) in [5.74, 6) is 0. The van der Waals surface area contributed by atoms with Crippen LogP contribution >= 0.6 is 0 Å². The number of para-hydroxylation sites is 2. The van der Waals surface area contributed by atoms with Crippen molar-refractivity contribution >= 4 is 44.9 Å². The number of rotatable bonds is 6. The molecule has 7 aromatic rings. The first-order chi connectivity index (χ1) is 25.3. The lowest BCUT2D eigenvalue weighted by atomic mass is 9.81. The van der Waals surface area contributed by atoms with E-state index < -0.39 is 0 Å². The van der Waals surface area contributed by atoms with E-state index in [1.54, 1.807) is 0 Å². The molecular weight excluding hydrogens is 641 g/mol. The Morgan fingerprint density at radius 3 is 1.36 bits per heavy atom. The largest absolute Gasteiger partial charge is 0.310 e. The van der Waals surface area contributed by atoms with Gasteiger partial charge in [0.05, 0.1) is 5.69 Å². The highest BCUT2D eigenvalue weighted by atomic mass is 15.1. The zero-order chi connectivity index (χ0) is 37.1. The van der Waals surface area contributed by atoms with Gasteiger partial charge in [-0.25, -0.2) is 0 Å². The molecule has 0 bridgehead atoms. The highest BCUT2D eigenvalue weighted by Gasteiger charge is 2.38. The normalized spacial score (nSPS) is 13.4. The van der Waals surface area contributed by atoms with Gasteiger partial charge in [0.1, 0.15) is 0 Å². The van der Waals surface area contributed by atoms with E-state index in [0.717, 1.165) is 28.4 Å². The summed E-state index contributed by atoms with van der Waals surface area (Å²) < 4.78 is 0. The fourth-order valence-corrected chi connectivity index (χ4v) is 8.13. The van der Waals surface area contributed by atoms with Crippen molar-refractivity contribution in [1.29, 1.82) is 0 Å². The maximum Gasteiger partial charge on any atom is 0.0543 e. The van der Waals surface area contributed by atoms with Crippen molar-refractivity contribution in [3.63, 3.8) is 0 Å². The fraction of sp³-hybridized carbons (Fsp3) is 0.216. The summed E-state index contributed by atoms with van der Waals surface area (Å²) in [6.45, 7) is 18.4. The van der Waals surface area contributed by atoms with E-state index >= 15 is 0 Å². The summed E-state index contributed by atoms with van der Waals surface area (Å²) in [4.78, 5) is 4.84. The van der Waals surface area contributed by atoms with Crippen molar-refractivity contribution in [3.05, 3.63) is 180 Å². The molecule has 2 heteroatoms. The molecular formula is C51H50N2. The topological polar surface area (TPSA) is 6.48 Å². The summed E-state index contributed by atoms with van der Waals surface area (Å²) in [5.41, 5.74) is 14.9. The van der Waals surface area contributed by atoms with Crippen LogP contribution in [0.25, 0.3) is 21.9 Å². The summed E-state index contributed by atoms with van der Waals surface area (Å²) in [6, 6.07) is 58.4. The van der Waals surface area contributed by atoms with Gasteiger partial charge in [0, 0.05) is 39.2 Å². The van der Waals surface area contributed by atoms with Crippen LogP contribution < -0.4 is 9.80 Å². The average molecular weight is 691 g/mol. The Balaban J connectivity index is 1.30. The van der Waals surface area contributed by atoms with Gasteiger partial charge in [-0.05, 0) is 116 Å². The van der Waals surface area contributed by atoms with Crippen molar-refractivity contribution < 1.29 is 0 Å². The van der Waals surface area contributed by atoms with Gasteiger partial charge in [-0.3, -0.25) is 0 Å². The Hall–Kier alpha value is -5.60. The maximum atomic E-state index is 2.47. The first kappa shape index (κ1) is 34.5. The van der Waals surface area contributed by atoms with Crippen LogP contribution in [0.5, 0.6) is 0 Å². The van der Waals surface area contributed by atoms with Gasteiger partial charge in [0.25, 0.3) is 0 Å². The minimum atomic E-state index is -0.240. The third kappa shape index (κ3) is 6.11. The van der Waals surface area contributed by atoms with Gasteiger partial charge in [0.15, 0.2) is 0 Å². The van der Waals surface area contributed by atoms with Gasteiger partial charge in [-0.1, -0.05) is 146 Å². The van der Waals surface area contributed by atoms with Crippen molar-refractivity contribution in [2.24, 2.45) is 0 Å². The van der Waals surface area contributed by atoms with Gasteiger partial charge in [0.2, 0.25) is 0 Å². The molecule has 0 radical (unpaired) electrons. The lowest BCUT2D eigenvalue weighted by molar-refractivity contribution is 0.590. The number of hydrogen-bond donors (Lipinski definition) is 0. The van der Waals surface area contributed by atoms with Gasteiger partial charge in [-0.2, -0.15) is 0 Å². The highest BCUT2D eigenvalue weighted by Crippen LogP contribution is 2.55. The smallest absolute Gasteiger partial charge is 0.0543 e. The SMILES string of the molecule is CC(C)(C)c1ccc(N(c2ccccc2)c2ccc3c(c2)C(C)(C)c2cc(N(c4ccccc4)c4ccc(C(C)(C)C)cc4)c4ccccc4c2-3)cc1. The molecule has 7 aromatic carbocycles. The summed E-state index contributed by atoms with van der Waals surface area (Å²) in [6.07, 6.45) is 0. The van der Waals surface area contributed by atoms with E-state index in [1.165, 1.54) is 49.8 Å². The monoisotopic (exact) mass is 690 g/mol. The Morgan fingerprint density at radius 2 is 0.830 bits per heavy atom. The summed E-state index contributed by atoms with van der Waals surface area (Å²) in [5, 5.41) is 2.53. The predicted molar refractivity (Wildman–Crippen MR) is 228 cm³/mol. The minimum absolute atomic E-state index is 0.0804. The second-order valence-electron chi connectivity index (χ2n) is 17.2. The zero-order valence-electron chi connectivity index (χ0n) is 32.4. The summed E-state index contributed by atoms with van der Waals surface area (Å²) in [7, 11) is 0. The van der Waals surface area contributed by atoms with Crippen molar-refractivity contribution in [2.75, 3.05) is 9.80 Å². The second kappa shape index (κ2) is 12.8. The van der Waals surface area contributed by atoms with Gasteiger partial charge < -0.3 is 9.80 Å². The Morgan fingerprint density at radius 1 is 0.396 bits per heavy atom. The molecule has 0 saturated heterocycles. The molecule has 0 amide bonds. The second-order valence-corrected chi connectivity index (χ2v) is 17.2. The Bertz CT molecular complexity index is 2410. The number of hydrogen-bond acceptors (Lipinski definition) is 2. The molecule has 0 N–H and O–H groups in total. The lowest BCUT2D eigenvalue weighted by Gasteiger charge is -2.30. The van der Waals surface area contributed by atoms with E-state index in [2.05, 4.69) is 223 Å². The van der Waals surface area contributed by atoms with E-state index in [9.17, 15) is 0 Å². The van der Waals surface area contributed by atoms with Crippen LogP contribution in [-0.2, 0) is 16.2 Å². The van der Waals surface area contributed by atoms with Crippen molar-refractivity contribution in [3.8, 4) is 11.1 Å². The molecule has 8 rings (SSSR count). The van der Waals surface area contributed by atoms with Crippen LogP contribution in [0.3, 0.4) is 0 Å². The van der Waals surface area contributed by atoms with E-state index in [-0.39, 0.29) is 16.2 Å². The fourth-order valence-electron chi connectivity index (χ4n) is 8.13. The number of fused-ring (bicyclic) bond motifs is 5. The van der Waals surface area contributed by atoms with Crippen LogP contribution in [-0.4, -0.2) is 0 Å². The third-order valence-corrected chi connectivity index (χ3v) is 11.2. The van der Waals surface area contributed by atoms with Gasteiger partial charge >= 0.3 is 0 Å². The van der Waals surface area contributed by atoms with Crippen LogP contribution in [0.4, 0.5) is 34.1 Å². The summed E-state index contributed by atoms with van der Waals surface area (Å²) >= 11 is 0. The zero-order valence-corrected chi connectivity index (χ0v) is 32.4. The first-order valence-electron chi connectivity index (χ1n) is 18.9. The third-order valence-electron chi connectivity index (χ3n) is 11.2. The lowest BCUT2D eigenvalue weighted by Crippen LogP contribution is -2.18. The van der Waals surface area contributed by atoms with Crippen molar-refractivity contribution in [2.45, 2.75) is 71.6 Å². The molecule has 264 valence electrons. The standard InChI is InChI=1S/C51H50N2/c1-49(2,3)35-23-27-39(28-24-35)52(37-17-11-9-12-18-37)41-31-32-44-45(33-41)51(7,8)46-34-47(42-21-15-16-22-43(42)48(44)46)53(38-19-13-10-14-20-38)40-29-25-36(26-30-40)50(4,5)6/h9-34H,1-8H3. The van der Waals surface area contributed by atoms with Crippen LogP contribution in [0.2, 0.25) is 0 Å². The van der Waals surface area contributed by atoms with E-state index in [1.807, 2.05) is 0 Å². The highest BCUT2D eigenvalue weighted by molar-refractivity contribution is 6.10. The quantitative estimate of drug-likeness (QED) is 0.171. The van der Waals surface area contributed by atoms with Crippen molar-refractivity contribution in [1.82, 2.24) is 0 Å². The average Bonchev–Trinajstić information content (AvgIpc) is 3.38. The van der Waals surface area contributed by atoms with E-state index in [0.29, 0.717) is 0 Å². The molecule has 2 nitrogen and oxygen atoms in total. The molecule has 0 fully saturated rings. The molecule has 0 unspecified atom stereocenters. The van der Waals surface area contributed by atoms with Gasteiger partial charge in [-0.15, -0.1) is 0 Å². The molecule has 0 heterocycles. The molecule has 1 aliphatic carbocycles. The molecule has 0 saturated carbocycles. The molecule has 0 atom stereocenters. The Kier molecular flexibility index (Phi) is 8.34. The van der Waals surface area contributed by atoms with Crippen LogP contribution in [0.15, 0.2) is 158 Å². The molecule has 0 aliphatic heterocycles. The van der Waals surface area contributed by atoms with Crippen LogP contribution in [0.1, 0.15) is 77.6 Å². The Labute approximate surface area is 316 Å². The number of anilines is 6.